The first-order valence-corrected chi connectivity index (χ1v) is 10.1. The molecule has 2 N–H and O–H groups in total. The second-order valence-electron chi connectivity index (χ2n) is 7.18. The summed E-state index contributed by atoms with van der Waals surface area (Å²) >= 11 is 1.63. The second kappa shape index (κ2) is 5.79. The van der Waals surface area contributed by atoms with Crippen LogP contribution in [0.15, 0.2) is 78.9 Å². The molecule has 0 saturated carbocycles. The van der Waals surface area contributed by atoms with Gasteiger partial charge in [-0.2, -0.15) is 0 Å². The van der Waals surface area contributed by atoms with E-state index in [-0.39, 0.29) is 0 Å². The van der Waals surface area contributed by atoms with E-state index in [0.29, 0.717) is 5.46 Å². The maximum atomic E-state index is 9.78. The average Bonchev–Trinajstić information content (AvgIpc) is 3.10. The van der Waals surface area contributed by atoms with Gasteiger partial charge in [-0.25, -0.2) is 0 Å². The molecule has 28 heavy (non-hydrogen) atoms. The first kappa shape index (κ1) is 16.1. The van der Waals surface area contributed by atoms with Gasteiger partial charge in [-0.1, -0.05) is 66.7 Å². The Labute approximate surface area is 165 Å². The Morgan fingerprint density at radius 1 is 0.536 bits per heavy atom. The molecule has 5 aromatic carbocycles. The molecule has 4 heteroatoms. The Morgan fingerprint density at radius 2 is 1.07 bits per heavy atom. The van der Waals surface area contributed by atoms with Crippen LogP contribution in [0.3, 0.4) is 0 Å². The van der Waals surface area contributed by atoms with Gasteiger partial charge in [0, 0.05) is 14.8 Å². The van der Waals surface area contributed by atoms with Gasteiger partial charge in [0.15, 0.2) is 0 Å². The van der Waals surface area contributed by atoms with E-state index in [4.69, 9.17) is 0 Å². The monoisotopic (exact) mass is 378 g/mol. The fraction of sp³-hybridized carbons (Fsp3) is 0. The summed E-state index contributed by atoms with van der Waals surface area (Å²) in [7, 11) is -1.46. The van der Waals surface area contributed by atoms with E-state index in [1.54, 1.807) is 17.4 Å². The van der Waals surface area contributed by atoms with Crippen LogP contribution in [0.5, 0.6) is 0 Å². The molecule has 6 aromatic rings. The summed E-state index contributed by atoms with van der Waals surface area (Å²) in [5, 5.41) is 29.3. The Kier molecular flexibility index (Phi) is 3.32. The molecular formula is C24H15BO2S. The molecule has 2 nitrogen and oxygen atoms in total. The third kappa shape index (κ3) is 2.11. The minimum atomic E-state index is -1.46. The molecule has 0 radical (unpaired) electrons. The normalized spacial score (nSPS) is 11.9. The largest absolute Gasteiger partial charge is 0.489 e. The highest BCUT2D eigenvalue weighted by atomic mass is 32.1. The second-order valence-corrected chi connectivity index (χ2v) is 8.24. The number of rotatable bonds is 1. The van der Waals surface area contributed by atoms with Crippen molar-refractivity contribution in [2.75, 3.05) is 0 Å². The summed E-state index contributed by atoms with van der Waals surface area (Å²) in [5.74, 6) is 0. The van der Waals surface area contributed by atoms with Crippen LogP contribution < -0.4 is 5.46 Å². The molecule has 1 aromatic heterocycles. The van der Waals surface area contributed by atoms with Gasteiger partial charge in [-0.05, 0) is 55.3 Å². The molecule has 1 heterocycles. The van der Waals surface area contributed by atoms with E-state index in [9.17, 15) is 10.0 Å². The van der Waals surface area contributed by atoms with Crippen LogP contribution in [0.4, 0.5) is 0 Å². The molecular weight excluding hydrogens is 363 g/mol. The third-order valence-corrected chi connectivity index (χ3v) is 6.89. The molecule has 0 amide bonds. The lowest BCUT2D eigenvalue weighted by Gasteiger charge is -2.10. The van der Waals surface area contributed by atoms with Gasteiger partial charge in [0.05, 0.1) is 0 Å². The third-order valence-electron chi connectivity index (χ3n) is 5.67. The molecule has 132 valence electrons. The Bertz CT molecular complexity index is 1550. The fourth-order valence-corrected chi connectivity index (χ4v) is 5.68. The molecule has 0 aliphatic carbocycles. The van der Waals surface area contributed by atoms with Crippen molar-refractivity contribution in [1.29, 1.82) is 0 Å². The smallest absolute Gasteiger partial charge is 0.423 e. The fourth-order valence-electron chi connectivity index (χ4n) is 4.42. The number of fused-ring (bicyclic) bond motifs is 9. The molecule has 6 rings (SSSR count). The van der Waals surface area contributed by atoms with Gasteiger partial charge in [0.25, 0.3) is 0 Å². The highest BCUT2D eigenvalue weighted by Gasteiger charge is 2.18. The van der Waals surface area contributed by atoms with Gasteiger partial charge in [0.2, 0.25) is 0 Å². The van der Waals surface area contributed by atoms with Crippen LogP contribution in [0.2, 0.25) is 0 Å². The van der Waals surface area contributed by atoms with Gasteiger partial charge < -0.3 is 10.0 Å². The molecule has 0 bridgehead atoms. The van der Waals surface area contributed by atoms with Crippen LogP contribution in [0, 0.1) is 0 Å². The maximum Gasteiger partial charge on any atom is 0.489 e. The lowest BCUT2D eigenvalue weighted by molar-refractivity contribution is 0.426. The molecule has 0 aliphatic heterocycles. The van der Waals surface area contributed by atoms with Crippen LogP contribution in [0.25, 0.3) is 52.5 Å². The summed E-state index contributed by atoms with van der Waals surface area (Å²) in [6, 6.07) is 27.4. The zero-order chi connectivity index (χ0) is 18.8. The predicted molar refractivity (Wildman–Crippen MR) is 122 cm³/mol. The number of benzene rings is 5. The topological polar surface area (TPSA) is 40.5 Å². The van der Waals surface area contributed by atoms with E-state index in [1.165, 1.54) is 32.3 Å². The van der Waals surface area contributed by atoms with Gasteiger partial charge >= 0.3 is 7.12 Å². The summed E-state index contributed by atoms with van der Waals surface area (Å²) in [6.45, 7) is 0. The van der Waals surface area contributed by atoms with Crippen molar-refractivity contribution in [2.24, 2.45) is 0 Å². The first-order valence-electron chi connectivity index (χ1n) is 9.27. The average molecular weight is 378 g/mol. The lowest BCUT2D eigenvalue weighted by atomic mass is 9.79. The Balaban J connectivity index is 1.88. The van der Waals surface area contributed by atoms with Crippen molar-refractivity contribution < 1.29 is 10.0 Å². The van der Waals surface area contributed by atoms with Crippen molar-refractivity contribution in [3.8, 4) is 0 Å². The van der Waals surface area contributed by atoms with Crippen LogP contribution >= 0.6 is 11.3 Å². The molecule has 0 unspecified atom stereocenters. The van der Waals surface area contributed by atoms with Gasteiger partial charge in [-0.3, -0.25) is 0 Å². The predicted octanol–water partition coefficient (Wildman–Crippen LogP) is 5.19. The van der Waals surface area contributed by atoms with Crippen molar-refractivity contribution in [1.82, 2.24) is 0 Å². The minimum Gasteiger partial charge on any atom is -0.423 e. The van der Waals surface area contributed by atoms with E-state index in [1.807, 2.05) is 6.07 Å². The quantitative estimate of drug-likeness (QED) is 0.305. The van der Waals surface area contributed by atoms with E-state index in [2.05, 4.69) is 66.7 Å². The highest BCUT2D eigenvalue weighted by molar-refractivity contribution is 7.27. The van der Waals surface area contributed by atoms with Crippen molar-refractivity contribution >= 4 is 76.4 Å². The maximum absolute atomic E-state index is 9.78. The van der Waals surface area contributed by atoms with Crippen LogP contribution in [-0.2, 0) is 0 Å². The Morgan fingerprint density at radius 3 is 1.68 bits per heavy atom. The minimum absolute atomic E-state index is 0.567. The van der Waals surface area contributed by atoms with Crippen molar-refractivity contribution in [3.05, 3.63) is 78.9 Å². The standard InChI is InChI=1S/C24H15BO2S/c26-25(27)22-11-5-10-18-21-12-19-16-8-3-1-6-14(16)15-7-2-4-9-17(15)20(19)13-23(21)28-24(18)22/h1-13,26-27H. The summed E-state index contributed by atoms with van der Waals surface area (Å²) in [4.78, 5) is 0. The SMILES string of the molecule is OB(O)c1cccc2c1sc1cc3c4ccccc4c4ccccc4c3cc12. The van der Waals surface area contributed by atoms with Crippen molar-refractivity contribution in [3.63, 3.8) is 0 Å². The van der Waals surface area contributed by atoms with E-state index >= 15 is 0 Å². The number of thiophene rings is 1. The lowest BCUT2D eigenvalue weighted by Crippen LogP contribution is -2.29. The number of hydrogen-bond donors (Lipinski definition) is 2. The molecule has 0 atom stereocenters. The van der Waals surface area contributed by atoms with Gasteiger partial charge in [-0.15, -0.1) is 11.3 Å². The van der Waals surface area contributed by atoms with Crippen molar-refractivity contribution in [2.45, 2.75) is 0 Å². The Hall–Kier alpha value is -2.92. The number of hydrogen-bond acceptors (Lipinski definition) is 3. The summed E-state index contributed by atoms with van der Waals surface area (Å²) in [5.41, 5.74) is 0.567. The van der Waals surface area contributed by atoms with Crippen LogP contribution in [-0.4, -0.2) is 17.2 Å². The van der Waals surface area contributed by atoms with Gasteiger partial charge in [0.1, 0.15) is 0 Å². The van der Waals surface area contributed by atoms with Crippen LogP contribution in [0.1, 0.15) is 0 Å². The molecule has 0 spiro atoms. The first-order chi connectivity index (χ1) is 13.7. The molecule has 0 aliphatic rings. The summed E-state index contributed by atoms with van der Waals surface area (Å²) < 4.78 is 2.10. The van der Waals surface area contributed by atoms with E-state index < -0.39 is 7.12 Å². The zero-order valence-electron chi connectivity index (χ0n) is 14.9. The highest BCUT2D eigenvalue weighted by Crippen LogP contribution is 2.41. The molecule has 0 fully saturated rings. The summed E-state index contributed by atoms with van der Waals surface area (Å²) in [6.07, 6.45) is 0. The van der Waals surface area contributed by atoms with E-state index in [0.717, 1.165) is 20.2 Å². The molecule has 0 saturated heterocycles. The zero-order valence-corrected chi connectivity index (χ0v) is 15.7.